The minimum Gasteiger partial charge on any atom is -0.192 e. The van der Waals surface area contributed by atoms with Gasteiger partial charge in [0.2, 0.25) is 0 Å². The van der Waals surface area contributed by atoms with Gasteiger partial charge in [-0.1, -0.05) is 36.4 Å². The standard InChI is InChI=1S/C26H14N2S/c27-15-17-1-5-19(6-2-17)21-9-11-25-23(13-21)24-14-22(10-12-26(24)29-25)20-7-3-18(16-28)4-8-20/h1-14H. The highest BCUT2D eigenvalue weighted by Crippen LogP contribution is 2.38. The summed E-state index contributed by atoms with van der Waals surface area (Å²) in [5.41, 5.74) is 5.84. The van der Waals surface area contributed by atoms with Crippen LogP contribution >= 0.6 is 11.3 Å². The Morgan fingerprint density at radius 2 is 0.862 bits per heavy atom. The molecule has 5 rings (SSSR count). The highest BCUT2D eigenvalue weighted by Gasteiger charge is 2.09. The van der Waals surface area contributed by atoms with Crippen molar-refractivity contribution in [3.8, 4) is 34.4 Å². The molecule has 134 valence electrons. The van der Waals surface area contributed by atoms with Crippen molar-refractivity contribution in [1.82, 2.24) is 0 Å². The molecule has 0 aliphatic rings. The Morgan fingerprint density at radius 3 is 1.24 bits per heavy atom. The van der Waals surface area contributed by atoms with Crippen LogP contribution in [0.1, 0.15) is 11.1 Å². The molecule has 0 amide bonds. The molecule has 2 nitrogen and oxygen atoms in total. The molecule has 0 fully saturated rings. The number of rotatable bonds is 2. The van der Waals surface area contributed by atoms with E-state index < -0.39 is 0 Å². The Labute approximate surface area is 172 Å². The van der Waals surface area contributed by atoms with Crippen LogP contribution in [0.3, 0.4) is 0 Å². The SMILES string of the molecule is N#Cc1ccc(-c2ccc3sc4ccc(-c5ccc(C#N)cc5)cc4c3c2)cc1. The van der Waals surface area contributed by atoms with Gasteiger partial charge < -0.3 is 0 Å². The number of nitriles is 2. The Balaban J connectivity index is 1.64. The van der Waals surface area contributed by atoms with Crippen molar-refractivity contribution < 1.29 is 0 Å². The van der Waals surface area contributed by atoms with Gasteiger partial charge in [-0.3, -0.25) is 0 Å². The monoisotopic (exact) mass is 386 g/mol. The molecule has 1 aromatic heterocycles. The maximum atomic E-state index is 9.02. The second-order valence-electron chi connectivity index (χ2n) is 6.90. The van der Waals surface area contributed by atoms with Crippen molar-refractivity contribution in [1.29, 1.82) is 10.5 Å². The number of nitrogens with zero attached hydrogens (tertiary/aromatic N) is 2. The normalized spacial score (nSPS) is 10.7. The van der Waals surface area contributed by atoms with E-state index in [-0.39, 0.29) is 0 Å². The Hall–Kier alpha value is -3.92. The van der Waals surface area contributed by atoms with Crippen LogP contribution in [0.4, 0.5) is 0 Å². The fourth-order valence-electron chi connectivity index (χ4n) is 3.61. The maximum Gasteiger partial charge on any atom is 0.0991 e. The maximum absolute atomic E-state index is 9.02. The van der Waals surface area contributed by atoms with Crippen molar-refractivity contribution in [2.45, 2.75) is 0 Å². The van der Waals surface area contributed by atoms with Crippen molar-refractivity contribution >= 4 is 31.5 Å². The third kappa shape index (κ3) is 3.05. The Kier molecular flexibility index (Phi) is 4.10. The minimum absolute atomic E-state index is 0.669. The molecule has 0 spiro atoms. The number of hydrogen-bond acceptors (Lipinski definition) is 3. The first-order valence-corrected chi connectivity index (χ1v) is 10.0. The molecule has 0 radical (unpaired) electrons. The third-order valence-corrected chi connectivity index (χ3v) is 6.32. The Morgan fingerprint density at radius 1 is 0.483 bits per heavy atom. The molecule has 0 bridgehead atoms. The van der Waals surface area contributed by atoms with Crippen LogP contribution in [0.25, 0.3) is 42.4 Å². The van der Waals surface area contributed by atoms with Crippen LogP contribution in [0.15, 0.2) is 84.9 Å². The topological polar surface area (TPSA) is 47.6 Å². The molecule has 0 atom stereocenters. The predicted molar refractivity (Wildman–Crippen MR) is 120 cm³/mol. The van der Waals surface area contributed by atoms with Crippen LogP contribution in [-0.4, -0.2) is 0 Å². The van der Waals surface area contributed by atoms with Gasteiger partial charge in [0.1, 0.15) is 0 Å². The van der Waals surface area contributed by atoms with E-state index in [0.29, 0.717) is 11.1 Å². The number of fused-ring (bicyclic) bond motifs is 3. The number of hydrogen-bond donors (Lipinski definition) is 0. The highest BCUT2D eigenvalue weighted by molar-refractivity contribution is 7.25. The van der Waals surface area contributed by atoms with E-state index in [1.807, 2.05) is 48.5 Å². The molecule has 0 N–H and O–H groups in total. The molecular weight excluding hydrogens is 372 g/mol. The molecule has 3 heteroatoms. The summed E-state index contributed by atoms with van der Waals surface area (Å²) in [6.07, 6.45) is 0. The smallest absolute Gasteiger partial charge is 0.0991 e. The fraction of sp³-hybridized carbons (Fsp3) is 0. The summed E-state index contributed by atoms with van der Waals surface area (Å²) in [5.74, 6) is 0. The summed E-state index contributed by atoms with van der Waals surface area (Å²) in [5, 5.41) is 20.5. The highest BCUT2D eigenvalue weighted by atomic mass is 32.1. The quantitative estimate of drug-likeness (QED) is 0.324. The fourth-order valence-corrected chi connectivity index (χ4v) is 4.68. The van der Waals surface area contributed by atoms with Crippen molar-refractivity contribution in [3.05, 3.63) is 96.1 Å². The summed E-state index contributed by atoms with van der Waals surface area (Å²) in [4.78, 5) is 0. The van der Waals surface area contributed by atoms with E-state index in [0.717, 1.165) is 22.3 Å². The van der Waals surface area contributed by atoms with Crippen LogP contribution in [0, 0.1) is 22.7 Å². The van der Waals surface area contributed by atoms with Crippen molar-refractivity contribution in [2.24, 2.45) is 0 Å². The van der Waals surface area contributed by atoms with Crippen LogP contribution in [-0.2, 0) is 0 Å². The lowest BCUT2D eigenvalue weighted by atomic mass is 9.99. The van der Waals surface area contributed by atoms with Crippen LogP contribution in [0.5, 0.6) is 0 Å². The van der Waals surface area contributed by atoms with Gasteiger partial charge in [-0.15, -0.1) is 11.3 Å². The van der Waals surface area contributed by atoms with Gasteiger partial charge in [-0.05, 0) is 70.8 Å². The second kappa shape index (κ2) is 6.91. The first-order chi connectivity index (χ1) is 14.2. The van der Waals surface area contributed by atoms with Gasteiger partial charge in [-0.25, -0.2) is 0 Å². The van der Waals surface area contributed by atoms with E-state index in [1.54, 1.807) is 11.3 Å². The summed E-state index contributed by atoms with van der Waals surface area (Å²) in [7, 11) is 0. The summed E-state index contributed by atoms with van der Waals surface area (Å²) >= 11 is 1.80. The molecule has 0 aliphatic carbocycles. The summed E-state index contributed by atoms with van der Waals surface area (Å²) < 4.78 is 2.52. The first-order valence-electron chi connectivity index (χ1n) is 9.22. The molecule has 0 saturated carbocycles. The third-order valence-electron chi connectivity index (χ3n) is 5.16. The molecular formula is C26H14N2S. The molecule has 29 heavy (non-hydrogen) atoms. The van der Waals surface area contributed by atoms with Gasteiger partial charge in [0.25, 0.3) is 0 Å². The van der Waals surface area contributed by atoms with E-state index >= 15 is 0 Å². The summed E-state index contributed by atoms with van der Waals surface area (Å²) in [6, 6.07) is 32.8. The van der Waals surface area contributed by atoms with Crippen LogP contribution < -0.4 is 0 Å². The van der Waals surface area contributed by atoms with E-state index in [9.17, 15) is 0 Å². The van der Waals surface area contributed by atoms with Gasteiger partial charge >= 0.3 is 0 Å². The Bertz CT molecular complexity index is 1330. The lowest BCUT2D eigenvalue weighted by Crippen LogP contribution is -1.80. The first kappa shape index (κ1) is 17.2. The molecule has 0 saturated heterocycles. The summed E-state index contributed by atoms with van der Waals surface area (Å²) in [6.45, 7) is 0. The number of thiophene rings is 1. The minimum atomic E-state index is 0.669. The van der Waals surface area contributed by atoms with Crippen molar-refractivity contribution in [3.63, 3.8) is 0 Å². The molecule has 0 unspecified atom stereocenters. The van der Waals surface area contributed by atoms with E-state index in [1.165, 1.54) is 20.2 Å². The van der Waals surface area contributed by atoms with E-state index in [2.05, 4.69) is 48.5 Å². The zero-order valence-electron chi connectivity index (χ0n) is 15.4. The average molecular weight is 386 g/mol. The molecule has 4 aromatic carbocycles. The van der Waals surface area contributed by atoms with Gasteiger partial charge in [-0.2, -0.15) is 10.5 Å². The van der Waals surface area contributed by atoms with Crippen molar-refractivity contribution in [2.75, 3.05) is 0 Å². The second-order valence-corrected chi connectivity index (χ2v) is 7.99. The van der Waals surface area contributed by atoms with Crippen LogP contribution in [0.2, 0.25) is 0 Å². The van der Waals surface area contributed by atoms with Gasteiger partial charge in [0.15, 0.2) is 0 Å². The lowest BCUT2D eigenvalue weighted by molar-refractivity contribution is 1.48. The zero-order chi connectivity index (χ0) is 19.8. The largest absolute Gasteiger partial charge is 0.192 e. The van der Waals surface area contributed by atoms with E-state index in [4.69, 9.17) is 10.5 Å². The molecule has 1 heterocycles. The lowest BCUT2D eigenvalue weighted by Gasteiger charge is -2.04. The predicted octanol–water partition coefficient (Wildman–Crippen LogP) is 7.13. The van der Waals surface area contributed by atoms with Gasteiger partial charge in [0.05, 0.1) is 23.3 Å². The average Bonchev–Trinajstić information content (AvgIpc) is 3.16. The molecule has 0 aliphatic heterocycles. The number of benzene rings is 4. The molecule has 5 aromatic rings. The van der Waals surface area contributed by atoms with Gasteiger partial charge in [0, 0.05) is 20.2 Å². The zero-order valence-corrected chi connectivity index (χ0v) is 16.2.